The number of benzene rings is 1. The van der Waals surface area contributed by atoms with Crippen LogP contribution in [-0.2, 0) is 9.59 Å². The zero-order valence-electron chi connectivity index (χ0n) is 9.42. The first-order valence-electron chi connectivity index (χ1n) is 4.83. The molecule has 0 unspecified atom stereocenters. The van der Waals surface area contributed by atoms with Gasteiger partial charge in [-0.25, -0.2) is 4.90 Å². The number of hydrogen-bond acceptors (Lipinski definition) is 3. The van der Waals surface area contributed by atoms with Crippen molar-refractivity contribution in [1.82, 2.24) is 0 Å². The van der Waals surface area contributed by atoms with E-state index in [1.165, 1.54) is 6.07 Å². The number of hydrogen-bond donors (Lipinski definition) is 1. The molecule has 0 bridgehead atoms. The Labute approximate surface area is 107 Å². The van der Waals surface area contributed by atoms with E-state index in [1.807, 2.05) is 0 Å². The van der Waals surface area contributed by atoms with Gasteiger partial charge in [-0.15, -0.1) is 0 Å². The summed E-state index contributed by atoms with van der Waals surface area (Å²) in [6.07, 6.45) is -11.3. The lowest BCUT2D eigenvalue weighted by Crippen LogP contribution is -2.50. The van der Waals surface area contributed by atoms with Crippen molar-refractivity contribution in [3.63, 3.8) is 0 Å². The van der Waals surface area contributed by atoms with Gasteiger partial charge in [-0.05, 0) is 12.1 Å². The Hall–Kier alpha value is -2.26. The number of imide groups is 1. The van der Waals surface area contributed by atoms with Crippen molar-refractivity contribution < 1.29 is 35.9 Å². The van der Waals surface area contributed by atoms with E-state index in [4.69, 9.17) is 5.73 Å². The SMILES string of the molecule is Nc1ccccc1N(C(=O)C(F)(F)F)C(=O)C(F)(F)F. The highest BCUT2D eigenvalue weighted by Gasteiger charge is 2.53. The number of amides is 2. The van der Waals surface area contributed by atoms with Crippen LogP contribution in [0, 0.1) is 0 Å². The first-order valence-corrected chi connectivity index (χ1v) is 4.83. The number of nitrogens with zero attached hydrogens (tertiary/aromatic N) is 1. The first-order chi connectivity index (χ1) is 8.96. The smallest absolute Gasteiger partial charge is 0.397 e. The maximum atomic E-state index is 12.3. The van der Waals surface area contributed by atoms with Crippen LogP contribution < -0.4 is 10.6 Å². The monoisotopic (exact) mass is 300 g/mol. The van der Waals surface area contributed by atoms with Crippen LogP contribution in [0.2, 0.25) is 0 Å². The number of anilines is 2. The normalized spacial score (nSPS) is 12.1. The van der Waals surface area contributed by atoms with E-state index in [1.54, 1.807) is 0 Å². The molecule has 2 N–H and O–H groups in total. The lowest BCUT2D eigenvalue weighted by molar-refractivity contribution is -0.181. The summed E-state index contributed by atoms with van der Waals surface area (Å²) in [4.78, 5) is 21.0. The zero-order valence-corrected chi connectivity index (χ0v) is 9.42. The van der Waals surface area contributed by atoms with Crippen LogP contribution in [0.4, 0.5) is 37.7 Å². The van der Waals surface area contributed by atoms with Gasteiger partial charge < -0.3 is 5.73 Å². The summed E-state index contributed by atoms with van der Waals surface area (Å²) in [7, 11) is 0. The highest BCUT2D eigenvalue weighted by molar-refractivity contribution is 6.19. The molecule has 0 aliphatic heterocycles. The number of nitrogens with two attached hydrogens (primary N) is 1. The van der Waals surface area contributed by atoms with E-state index in [0.29, 0.717) is 6.07 Å². The molecule has 0 radical (unpaired) electrons. The largest absolute Gasteiger partial charge is 0.472 e. The van der Waals surface area contributed by atoms with Crippen LogP contribution in [0.5, 0.6) is 0 Å². The van der Waals surface area contributed by atoms with Gasteiger partial charge in [-0.1, -0.05) is 12.1 Å². The summed E-state index contributed by atoms with van der Waals surface area (Å²) in [5.74, 6) is -5.95. The Morgan fingerprint density at radius 2 is 1.30 bits per heavy atom. The minimum atomic E-state index is -5.66. The van der Waals surface area contributed by atoms with Gasteiger partial charge in [0.05, 0.1) is 11.4 Å². The van der Waals surface area contributed by atoms with Gasteiger partial charge >= 0.3 is 24.2 Å². The highest BCUT2D eigenvalue weighted by atomic mass is 19.4. The molecule has 0 aliphatic carbocycles. The van der Waals surface area contributed by atoms with Crippen molar-refractivity contribution in [1.29, 1.82) is 0 Å². The Morgan fingerprint density at radius 1 is 0.900 bits per heavy atom. The fraction of sp³-hybridized carbons (Fsp3) is 0.200. The lowest BCUT2D eigenvalue weighted by atomic mass is 10.2. The summed E-state index contributed by atoms with van der Waals surface area (Å²) in [5.41, 5.74) is 3.63. The molecule has 0 heterocycles. The van der Waals surface area contributed by atoms with Gasteiger partial charge in [0.2, 0.25) is 0 Å². The quantitative estimate of drug-likeness (QED) is 0.639. The van der Waals surface area contributed by atoms with Crippen LogP contribution in [0.1, 0.15) is 0 Å². The topological polar surface area (TPSA) is 63.4 Å². The number of carbonyl (C=O) groups excluding carboxylic acids is 2. The summed E-state index contributed by atoms with van der Waals surface area (Å²) in [6.45, 7) is 0. The molecule has 4 nitrogen and oxygen atoms in total. The lowest BCUT2D eigenvalue weighted by Gasteiger charge is -2.23. The maximum Gasteiger partial charge on any atom is 0.472 e. The molecule has 10 heteroatoms. The predicted molar refractivity (Wildman–Crippen MR) is 55.5 cm³/mol. The molecule has 0 fully saturated rings. The molecule has 0 spiro atoms. The number of alkyl halides is 6. The molecule has 2 amide bonds. The minimum absolute atomic E-state index is 0.581. The number of rotatable bonds is 1. The van der Waals surface area contributed by atoms with Gasteiger partial charge in [0.1, 0.15) is 0 Å². The third-order valence-corrected chi connectivity index (χ3v) is 2.07. The van der Waals surface area contributed by atoms with Crippen molar-refractivity contribution in [2.24, 2.45) is 0 Å². The third-order valence-electron chi connectivity index (χ3n) is 2.07. The van der Waals surface area contributed by atoms with E-state index in [9.17, 15) is 35.9 Å². The van der Waals surface area contributed by atoms with Gasteiger partial charge in [-0.3, -0.25) is 9.59 Å². The standard InChI is InChI=1S/C10H6F6N2O2/c11-9(12,13)7(19)18(8(20)10(14,15)16)6-4-2-1-3-5(6)17/h1-4H,17H2. The molecule has 0 aliphatic rings. The second-order valence-electron chi connectivity index (χ2n) is 3.50. The molecule has 1 aromatic rings. The number of nitrogen functional groups attached to an aromatic ring is 1. The summed E-state index contributed by atoms with van der Waals surface area (Å²) in [5, 5.41) is 0. The number of carbonyl (C=O) groups is 2. The van der Waals surface area contributed by atoms with Crippen LogP contribution in [0.25, 0.3) is 0 Å². The molecule has 0 aromatic heterocycles. The summed E-state index contributed by atoms with van der Waals surface area (Å²) in [6, 6.07) is 3.90. The average molecular weight is 300 g/mol. The van der Waals surface area contributed by atoms with E-state index in [0.717, 1.165) is 12.1 Å². The molecule has 0 saturated carbocycles. The molecule has 110 valence electrons. The van der Waals surface area contributed by atoms with E-state index in [2.05, 4.69) is 0 Å². The van der Waals surface area contributed by atoms with E-state index >= 15 is 0 Å². The van der Waals surface area contributed by atoms with Crippen molar-refractivity contribution in [3.8, 4) is 0 Å². The maximum absolute atomic E-state index is 12.3. The Balaban J connectivity index is 3.41. The highest BCUT2D eigenvalue weighted by Crippen LogP contribution is 2.31. The van der Waals surface area contributed by atoms with Gasteiger partial charge in [0.15, 0.2) is 0 Å². The summed E-state index contributed by atoms with van der Waals surface area (Å²) >= 11 is 0. The average Bonchev–Trinajstić information content (AvgIpc) is 2.29. The van der Waals surface area contributed by atoms with E-state index < -0.39 is 40.4 Å². The van der Waals surface area contributed by atoms with Crippen LogP contribution in [0.15, 0.2) is 24.3 Å². The molecule has 20 heavy (non-hydrogen) atoms. The molecule has 1 aromatic carbocycles. The Bertz CT molecular complexity index is 511. The van der Waals surface area contributed by atoms with Gasteiger partial charge in [0, 0.05) is 0 Å². The Kier molecular flexibility index (Phi) is 3.97. The predicted octanol–water partition coefficient (Wildman–Crippen LogP) is 2.25. The number of para-hydroxylation sites is 2. The third kappa shape index (κ3) is 3.19. The zero-order chi connectivity index (χ0) is 15.7. The first kappa shape index (κ1) is 15.8. The second-order valence-corrected chi connectivity index (χ2v) is 3.50. The Morgan fingerprint density at radius 3 is 1.65 bits per heavy atom. The second kappa shape index (κ2) is 5.02. The molecular formula is C10H6F6N2O2. The van der Waals surface area contributed by atoms with Crippen molar-refractivity contribution >= 4 is 23.2 Å². The van der Waals surface area contributed by atoms with Crippen molar-refractivity contribution in [2.45, 2.75) is 12.4 Å². The summed E-state index contributed by atoms with van der Waals surface area (Å²) < 4.78 is 73.9. The van der Waals surface area contributed by atoms with Crippen molar-refractivity contribution in [2.75, 3.05) is 10.6 Å². The molecule has 1 rings (SSSR count). The molecular weight excluding hydrogens is 294 g/mol. The molecule has 0 atom stereocenters. The number of halogens is 6. The molecule has 0 saturated heterocycles. The minimum Gasteiger partial charge on any atom is -0.397 e. The van der Waals surface area contributed by atoms with Gasteiger partial charge in [-0.2, -0.15) is 26.3 Å². The van der Waals surface area contributed by atoms with Crippen LogP contribution >= 0.6 is 0 Å². The fourth-order valence-electron chi connectivity index (χ4n) is 1.26. The van der Waals surface area contributed by atoms with E-state index in [-0.39, 0.29) is 0 Å². The van der Waals surface area contributed by atoms with Crippen LogP contribution in [0.3, 0.4) is 0 Å². The fourth-order valence-corrected chi connectivity index (χ4v) is 1.26. The van der Waals surface area contributed by atoms with Crippen LogP contribution in [-0.4, -0.2) is 24.2 Å². The van der Waals surface area contributed by atoms with Crippen molar-refractivity contribution in [3.05, 3.63) is 24.3 Å². The van der Waals surface area contributed by atoms with Gasteiger partial charge in [0.25, 0.3) is 0 Å².